The van der Waals surface area contributed by atoms with Crippen molar-refractivity contribution in [2.45, 2.75) is 75.8 Å². The molecule has 2 N–H and O–H groups in total. The molecule has 0 radical (unpaired) electrons. The molecule has 3 saturated heterocycles. The van der Waals surface area contributed by atoms with Crippen LogP contribution in [0.3, 0.4) is 0 Å². The van der Waals surface area contributed by atoms with Crippen LogP contribution >= 0.6 is 0 Å². The van der Waals surface area contributed by atoms with E-state index in [9.17, 15) is 28.0 Å². The lowest BCUT2D eigenvalue weighted by atomic mass is 9.97. The number of rotatable bonds is 7. The predicted molar refractivity (Wildman–Crippen MR) is 168 cm³/mol. The number of para-hydroxylation sites is 1. The maximum atomic E-state index is 16.9. The van der Waals surface area contributed by atoms with Crippen molar-refractivity contribution >= 4 is 29.4 Å². The van der Waals surface area contributed by atoms with Crippen molar-refractivity contribution in [3.05, 3.63) is 65.2 Å². The van der Waals surface area contributed by atoms with Crippen LogP contribution in [0, 0.1) is 11.6 Å². The molecular weight excluding hydrogens is 613 g/mol. The van der Waals surface area contributed by atoms with Gasteiger partial charge < -0.3 is 30.2 Å². The van der Waals surface area contributed by atoms with Crippen LogP contribution in [0.2, 0.25) is 0 Å². The third-order valence-electron chi connectivity index (χ3n) is 9.95. The van der Waals surface area contributed by atoms with Gasteiger partial charge in [0.05, 0.1) is 6.42 Å². The number of hydrogen-bond donors (Lipinski definition) is 2. The van der Waals surface area contributed by atoms with Gasteiger partial charge in [0.1, 0.15) is 11.6 Å². The zero-order valence-electron chi connectivity index (χ0n) is 26.4. The Morgan fingerprint density at radius 1 is 0.830 bits per heavy atom. The molecule has 0 saturated carbocycles. The van der Waals surface area contributed by atoms with Crippen molar-refractivity contribution in [3.8, 4) is 0 Å². The summed E-state index contributed by atoms with van der Waals surface area (Å²) in [6, 6.07) is 9.52. The zero-order chi connectivity index (χ0) is 33.1. The number of carbonyl (C=O) groups is 4. The molecule has 0 bridgehead atoms. The molecular formula is C34H41F3N6O4. The minimum atomic E-state index is -3.14. The van der Waals surface area contributed by atoms with E-state index >= 15 is 4.39 Å². The van der Waals surface area contributed by atoms with Gasteiger partial charge in [-0.25, -0.2) is 18.0 Å². The highest BCUT2D eigenvalue weighted by Crippen LogP contribution is 2.30. The molecule has 0 aromatic heterocycles. The Hall–Kier alpha value is -4.13. The first-order chi connectivity index (χ1) is 22.6. The molecule has 4 aliphatic rings. The van der Waals surface area contributed by atoms with Gasteiger partial charge in [0.25, 0.3) is 17.6 Å². The second kappa shape index (κ2) is 13.9. The summed E-state index contributed by atoms with van der Waals surface area (Å²) < 4.78 is 44.7. The van der Waals surface area contributed by atoms with Crippen LogP contribution in [0.4, 0.5) is 23.7 Å². The number of piperidine rings is 3. The topological polar surface area (TPSA) is 105 Å². The molecule has 3 fully saturated rings. The Bertz CT molecular complexity index is 1480. The number of amides is 5. The standard InChI is InChI=1S/C34H41F3N6O4/c35-25-18-24(19-26(36)20-25)31(45)39-34(37,32(46)42-16-8-27(9-17-42)40-12-4-1-5-13-40)21-30(44)41-14-10-28(11-15-41)43-22-23-6-2-3-7-29(23)38-33(43)47/h2-3,6-7,18-20,27-28H,1,4-5,8-17,21-22H2,(H,38,47)(H,39,45)/t34-/m0/s1. The fourth-order valence-electron chi connectivity index (χ4n) is 7.34. The molecule has 10 nitrogen and oxygen atoms in total. The molecule has 252 valence electrons. The first kappa shape index (κ1) is 32.8. The number of fused-ring (bicyclic) bond motifs is 1. The highest BCUT2D eigenvalue weighted by molar-refractivity contribution is 6.00. The molecule has 4 heterocycles. The van der Waals surface area contributed by atoms with Crippen LogP contribution < -0.4 is 10.6 Å². The maximum Gasteiger partial charge on any atom is 0.322 e. The molecule has 0 unspecified atom stereocenters. The van der Waals surface area contributed by atoms with E-state index in [1.54, 1.807) is 4.90 Å². The number of carbonyl (C=O) groups excluding carboxylic acids is 4. The highest BCUT2D eigenvalue weighted by Gasteiger charge is 2.47. The van der Waals surface area contributed by atoms with Gasteiger partial charge in [-0.1, -0.05) is 24.6 Å². The SMILES string of the molecule is O=C(N[C@@](F)(CC(=O)N1CCC(N2Cc3ccccc3NC2=O)CC1)C(=O)N1CCC(N2CCCCC2)CC1)c1cc(F)cc(F)c1. The maximum absolute atomic E-state index is 16.9. The number of urea groups is 1. The molecule has 1 atom stereocenters. The summed E-state index contributed by atoms with van der Waals surface area (Å²) in [6.07, 6.45) is 4.66. The van der Waals surface area contributed by atoms with Crippen molar-refractivity contribution < 1.29 is 32.3 Å². The Kier molecular flexibility index (Phi) is 9.72. The van der Waals surface area contributed by atoms with E-state index in [1.165, 1.54) is 16.2 Å². The van der Waals surface area contributed by atoms with Crippen LogP contribution in [0.5, 0.6) is 0 Å². The van der Waals surface area contributed by atoms with Crippen molar-refractivity contribution in [1.29, 1.82) is 0 Å². The smallest absolute Gasteiger partial charge is 0.322 e. The monoisotopic (exact) mass is 654 g/mol. The number of nitrogens with one attached hydrogen (secondary N) is 2. The van der Waals surface area contributed by atoms with Gasteiger partial charge >= 0.3 is 6.03 Å². The van der Waals surface area contributed by atoms with E-state index in [0.717, 1.165) is 49.3 Å². The predicted octanol–water partition coefficient (Wildman–Crippen LogP) is 4.27. The minimum absolute atomic E-state index is 0.145. The number of benzene rings is 2. The second-order valence-corrected chi connectivity index (χ2v) is 13.0. The highest BCUT2D eigenvalue weighted by atomic mass is 19.1. The van der Waals surface area contributed by atoms with Crippen LogP contribution in [-0.2, 0) is 16.1 Å². The fraction of sp³-hybridized carbons (Fsp3) is 0.529. The first-order valence-corrected chi connectivity index (χ1v) is 16.5. The van der Waals surface area contributed by atoms with Gasteiger partial charge in [-0.05, 0) is 75.4 Å². The lowest BCUT2D eigenvalue weighted by molar-refractivity contribution is -0.153. The molecule has 5 amide bonds. The van der Waals surface area contributed by atoms with E-state index in [1.807, 2.05) is 29.6 Å². The summed E-state index contributed by atoms with van der Waals surface area (Å²) in [5, 5.41) is 4.93. The number of hydrogen-bond acceptors (Lipinski definition) is 5. The van der Waals surface area contributed by atoms with E-state index in [-0.39, 0.29) is 44.3 Å². The van der Waals surface area contributed by atoms with E-state index in [0.29, 0.717) is 38.3 Å². The minimum Gasteiger partial charge on any atom is -0.342 e. The van der Waals surface area contributed by atoms with Gasteiger partial charge in [0.2, 0.25) is 5.91 Å². The quantitative estimate of drug-likeness (QED) is 0.435. The summed E-state index contributed by atoms with van der Waals surface area (Å²) in [5.74, 6) is -8.13. The summed E-state index contributed by atoms with van der Waals surface area (Å²) in [7, 11) is 0. The third kappa shape index (κ3) is 7.39. The van der Waals surface area contributed by atoms with Crippen molar-refractivity contribution in [1.82, 2.24) is 24.9 Å². The van der Waals surface area contributed by atoms with Crippen LogP contribution in [-0.4, -0.2) is 100 Å². The van der Waals surface area contributed by atoms with E-state index in [2.05, 4.69) is 10.2 Å². The van der Waals surface area contributed by atoms with Crippen LogP contribution in [0.1, 0.15) is 67.3 Å². The summed E-state index contributed by atoms with van der Waals surface area (Å²) in [4.78, 5) is 60.1. The van der Waals surface area contributed by atoms with E-state index < -0.39 is 47.1 Å². The van der Waals surface area contributed by atoms with Crippen molar-refractivity contribution in [2.24, 2.45) is 0 Å². The lowest BCUT2D eigenvalue weighted by Crippen LogP contribution is -2.61. The third-order valence-corrected chi connectivity index (χ3v) is 9.95. The summed E-state index contributed by atoms with van der Waals surface area (Å²) in [6.45, 7) is 3.39. The fourth-order valence-corrected chi connectivity index (χ4v) is 7.34. The first-order valence-electron chi connectivity index (χ1n) is 16.5. The zero-order valence-corrected chi connectivity index (χ0v) is 26.4. The largest absolute Gasteiger partial charge is 0.342 e. The van der Waals surface area contributed by atoms with Gasteiger partial charge in [0.15, 0.2) is 0 Å². The van der Waals surface area contributed by atoms with Gasteiger partial charge in [-0.3, -0.25) is 14.4 Å². The molecule has 47 heavy (non-hydrogen) atoms. The normalized spacial score (nSPS) is 21.1. The Morgan fingerprint density at radius 2 is 1.45 bits per heavy atom. The summed E-state index contributed by atoms with van der Waals surface area (Å²) in [5.41, 5.74) is 1.25. The summed E-state index contributed by atoms with van der Waals surface area (Å²) >= 11 is 0. The molecule has 13 heteroatoms. The van der Waals surface area contributed by atoms with Crippen LogP contribution in [0.25, 0.3) is 0 Å². The van der Waals surface area contributed by atoms with E-state index in [4.69, 9.17) is 0 Å². The number of likely N-dealkylation sites (tertiary alicyclic amines) is 3. The molecule has 2 aromatic carbocycles. The van der Waals surface area contributed by atoms with Crippen LogP contribution in [0.15, 0.2) is 42.5 Å². The number of alkyl halides is 1. The molecule has 0 aliphatic carbocycles. The van der Waals surface area contributed by atoms with Crippen molar-refractivity contribution in [3.63, 3.8) is 0 Å². The molecule has 6 rings (SSSR count). The van der Waals surface area contributed by atoms with Gasteiger partial charge in [-0.2, -0.15) is 0 Å². The second-order valence-electron chi connectivity index (χ2n) is 13.0. The van der Waals surface area contributed by atoms with Gasteiger partial charge in [-0.15, -0.1) is 0 Å². The molecule has 4 aliphatic heterocycles. The number of anilines is 1. The Morgan fingerprint density at radius 3 is 2.13 bits per heavy atom. The van der Waals surface area contributed by atoms with Gasteiger partial charge in [0, 0.05) is 62.1 Å². The molecule has 2 aromatic rings. The average molecular weight is 655 g/mol. The molecule has 0 spiro atoms. The average Bonchev–Trinajstić information content (AvgIpc) is 3.07. The number of halogens is 3. The van der Waals surface area contributed by atoms with Crippen molar-refractivity contribution in [2.75, 3.05) is 44.6 Å². The lowest BCUT2D eigenvalue weighted by Gasteiger charge is -2.42. The Labute approximate surface area is 272 Å². The Balaban J connectivity index is 1.12. The number of nitrogens with zero attached hydrogens (tertiary/aromatic N) is 4.